The molecular formula is C14H15N2O3. The van der Waals surface area contributed by atoms with Crippen molar-refractivity contribution in [1.82, 2.24) is 10.3 Å². The zero-order valence-electron chi connectivity index (χ0n) is 10.3. The molecule has 0 spiro atoms. The first-order valence-electron chi connectivity index (χ1n) is 6.21. The van der Waals surface area contributed by atoms with Gasteiger partial charge in [0.25, 0.3) is 0 Å². The molecule has 0 aliphatic carbocycles. The van der Waals surface area contributed by atoms with Gasteiger partial charge in [-0.3, -0.25) is 10.1 Å². The zero-order chi connectivity index (χ0) is 13.5. The van der Waals surface area contributed by atoms with E-state index in [0.29, 0.717) is 6.42 Å². The molecule has 1 aromatic heterocycles. The Hall–Kier alpha value is -1.69. The monoisotopic (exact) mass is 259 g/mol. The third-order valence-corrected chi connectivity index (χ3v) is 3.83. The van der Waals surface area contributed by atoms with Crippen molar-refractivity contribution in [3.63, 3.8) is 0 Å². The maximum atomic E-state index is 11.0. The Morgan fingerprint density at radius 1 is 1.32 bits per heavy atom. The van der Waals surface area contributed by atoms with Crippen LogP contribution in [-0.4, -0.2) is 40.7 Å². The minimum absolute atomic E-state index is 0.290. The number of hydrogen-bond donors (Lipinski definition) is 4. The third-order valence-electron chi connectivity index (χ3n) is 3.83. The lowest BCUT2D eigenvalue weighted by molar-refractivity contribution is 0.0764. The summed E-state index contributed by atoms with van der Waals surface area (Å²) in [6.07, 6.45) is 2.43. The van der Waals surface area contributed by atoms with Crippen LogP contribution in [0.4, 0.5) is 0 Å². The van der Waals surface area contributed by atoms with Crippen LogP contribution in [0.15, 0.2) is 24.3 Å². The van der Waals surface area contributed by atoms with Crippen LogP contribution in [0.25, 0.3) is 10.9 Å². The van der Waals surface area contributed by atoms with Gasteiger partial charge in [0.1, 0.15) is 5.54 Å². The molecule has 0 saturated heterocycles. The fourth-order valence-corrected chi connectivity index (χ4v) is 2.85. The third kappa shape index (κ3) is 1.70. The first-order valence-corrected chi connectivity index (χ1v) is 6.21. The summed E-state index contributed by atoms with van der Waals surface area (Å²) in [5.41, 5.74) is 1.64. The highest BCUT2D eigenvalue weighted by atomic mass is 16.3. The summed E-state index contributed by atoms with van der Waals surface area (Å²) in [6.45, 7) is -0.580. The average Bonchev–Trinajstić information content (AvgIpc) is 2.85. The summed E-state index contributed by atoms with van der Waals surface area (Å²) >= 11 is 0. The van der Waals surface area contributed by atoms with E-state index in [2.05, 4.69) is 10.3 Å². The Kier molecular flexibility index (Phi) is 2.89. The lowest BCUT2D eigenvalue weighted by Crippen LogP contribution is -2.57. The number of para-hydroxylation sites is 1. The smallest absolute Gasteiger partial charge is 0.217 e. The number of fused-ring (bicyclic) bond motifs is 3. The van der Waals surface area contributed by atoms with Crippen LogP contribution >= 0.6 is 0 Å². The summed E-state index contributed by atoms with van der Waals surface area (Å²) in [5.74, 6) is 0. The van der Waals surface area contributed by atoms with Gasteiger partial charge >= 0.3 is 0 Å². The van der Waals surface area contributed by atoms with Crippen LogP contribution in [0.1, 0.15) is 11.3 Å². The molecule has 5 heteroatoms. The fraction of sp³-hybridized carbons (Fsp3) is 0.357. The van der Waals surface area contributed by atoms with Crippen molar-refractivity contribution in [2.75, 3.05) is 13.2 Å². The molecule has 19 heavy (non-hydrogen) atoms. The number of H-pyrrole nitrogens is 1. The SMILES string of the molecule is O=[C][C@@H]1Cc2c([nH]c3ccccc23)C(CO)(CO)N1. The number of nitrogens with one attached hydrogen (secondary N) is 2. The summed E-state index contributed by atoms with van der Waals surface area (Å²) < 4.78 is 0. The van der Waals surface area contributed by atoms with Gasteiger partial charge < -0.3 is 15.2 Å². The minimum atomic E-state index is -1.02. The van der Waals surface area contributed by atoms with Gasteiger partial charge in [-0.25, -0.2) is 0 Å². The number of rotatable bonds is 3. The molecule has 1 aliphatic heterocycles. The van der Waals surface area contributed by atoms with Crippen molar-refractivity contribution in [3.8, 4) is 0 Å². The van der Waals surface area contributed by atoms with Gasteiger partial charge in [0.05, 0.1) is 19.3 Å². The zero-order valence-corrected chi connectivity index (χ0v) is 10.3. The van der Waals surface area contributed by atoms with Crippen LogP contribution in [0.5, 0.6) is 0 Å². The van der Waals surface area contributed by atoms with E-state index >= 15 is 0 Å². The number of aliphatic hydroxyl groups is 2. The van der Waals surface area contributed by atoms with Gasteiger partial charge in [-0.2, -0.15) is 0 Å². The van der Waals surface area contributed by atoms with Crippen LogP contribution in [-0.2, 0) is 16.8 Å². The summed E-state index contributed by atoms with van der Waals surface area (Å²) in [7, 11) is 0. The second kappa shape index (κ2) is 4.45. The maximum absolute atomic E-state index is 11.0. The molecule has 0 bridgehead atoms. The normalized spacial score (nSPS) is 21.3. The number of aliphatic hydroxyl groups excluding tert-OH is 2. The van der Waals surface area contributed by atoms with Crippen molar-refractivity contribution in [2.24, 2.45) is 0 Å². The van der Waals surface area contributed by atoms with Gasteiger partial charge in [0, 0.05) is 16.6 Å². The first-order chi connectivity index (χ1) is 9.24. The number of benzene rings is 1. The van der Waals surface area contributed by atoms with E-state index in [9.17, 15) is 15.0 Å². The molecule has 5 nitrogen and oxygen atoms in total. The van der Waals surface area contributed by atoms with Gasteiger partial charge in [0.2, 0.25) is 6.29 Å². The molecule has 99 valence electrons. The highest BCUT2D eigenvalue weighted by molar-refractivity contribution is 5.86. The molecule has 0 amide bonds. The Morgan fingerprint density at radius 2 is 2.05 bits per heavy atom. The van der Waals surface area contributed by atoms with Crippen LogP contribution in [0, 0.1) is 0 Å². The molecule has 1 aliphatic rings. The van der Waals surface area contributed by atoms with E-state index in [1.807, 2.05) is 30.6 Å². The predicted octanol–water partition coefficient (Wildman–Crippen LogP) is -0.0282. The number of carbonyl (C=O) groups excluding carboxylic acids is 1. The molecule has 1 radical (unpaired) electrons. The predicted molar refractivity (Wildman–Crippen MR) is 70.5 cm³/mol. The Bertz CT molecular complexity index is 616. The van der Waals surface area contributed by atoms with Gasteiger partial charge in [0.15, 0.2) is 0 Å². The van der Waals surface area contributed by atoms with Crippen molar-refractivity contribution in [3.05, 3.63) is 35.5 Å². The maximum Gasteiger partial charge on any atom is 0.217 e. The standard InChI is InChI=1S/C14H15N2O3/c17-6-9-5-11-10-3-1-2-4-12(10)15-13(11)14(7-18,8-19)16-9/h1-4,9,15-16,18-19H,5,7-8H2/t9-/m0/s1. The van der Waals surface area contributed by atoms with Crippen LogP contribution in [0.3, 0.4) is 0 Å². The van der Waals surface area contributed by atoms with E-state index in [0.717, 1.165) is 22.2 Å². The number of aromatic nitrogens is 1. The molecule has 4 N–H and O–H groups in total. The molecule has 0 saturated carbocycles. The Balaban J connectivity index is 2.26. The van der Waals surface area contributed by atoms with E-state index in [-0.39, 0.29) is 13.2 Å². The summed E-state index contributed by atoms with van der Waals surface area (Å²) in [4.78, 5) is 14.2. The highest BCUT2D eigenvalue weighted by Gasteiger charge is 2.41. The van der Waals surface area contributed by atoms with Crippen molar-refractivity contribution >= 4 is 17.2 Å². The highest BCUT2D eigenvalue weighted by Crippen LogP contribution is 2.34. The number of hydrogen-bond acceptors (Lipinski definition) is 4. The topological polar surface area (TPSA) is 85.4 Å². The second-order valence-corrected chi connectivity index (χ2v) is 4.94. The molecule has 0 unspecified atom stereocenters. The van der Waals surface area contributed by atoms with Crippen molar-refractivity contribution in [1.29, 1.82) is 0 Å². The second-order valence-electron chi connectivity index (χ2n) is 4.94. The van der Waals surface area contributed by atoms with Gasteiger partial charge in [-0.1, -0.05) is 18.2 Å². The summed E-state index contributed by atoms with van der Waals surface area (Å²) in [6, 6.07) is 7.23. The first kappa shape index (κ1) is 12.3. The van der Waals surface area contributed by atoms with Crippen molar-refractivity contribution < 1.29 is 15.0 Å². The van der Waals surface area contributed by atoms with E-state index in [1.54, 1.807) is 0 Å². The minimum Gasteiger partial charge on any atom is -0.394 e. The molecular weight excluding hydrogens is 244 g/mol. The van der Waals surface area contributed by atoms with Gasteiger partial charge in [-0.05, 0) is 18.1 Å². The van der Waals surface area contributed by atoms with Gasteiger partial charge in [-0.15, -0.1) is 0 Å². The average molecular weight is 259 g/mol. The molecule has 0 fully saturated rings. The van der Waals surface area contributed by atoms with Crippen LogP contribution in [0.2, 0.25) is 0 Å². The van der Waals surface area contributed by atoms with E-state index < -0.39 is 11.6 Å². The molecule has 3 rings (SSSR count). The lowest BCUT2D eigenvalue weighted by atomic mass is 9.85. The lowest BCUT2D eigenvalue weighted by Gasteiger charge is -2.37. The largest absolute Gasteiger partial charge is 0.394 e. The molecule has 2 heterocycles. The molecule has 2 aromatic rings. The molecule has 1 aromatic carbocycles. The Labute approximate surface area is 110 Å². The quantitative estimate of drug-likeness (QED) is 0.623. The number of aromatic amines is 1. The van der Waals surface area contributed by atoms with Crippen molar-refractivity contribution in [2.45, 2.75) is 18.0 Å². The molecule has 1 atom stereocenters. The van der Waals surface area contributed by atoms with Crippen LogP contribution < -0.4 is 5.32 Å². The fourth-order valence-electron chi connectivity index (χ4n) is 2.85. The van der Waals surface area contributed by atoms with E-state index in [1.165, 1.54) is 0 Å². The Morgan fingerprint density at radius 3 is 2.74 bits per heavy atom. The van der Waals surface area contributed by atoms with E-state index in [4.69, 9.17) is 0 Å². The summed E-state index contributed by atoms with van der Waals surface area (Å²) in [5, 5.41) is 23.3.